The van der Waals surface area contributed by atoms with Crippen LogP contribution in [0.2, 0.25) is 0 Å². The molecule has 0 radical (unpaired) electrons. The smallest absolute Gasteiger partial charge is 0.449 e. The molecule has 0 aromatic heterocycles. The first kappa shape index (κ1) is 119. The summed E-state index contributed by atoms with van der Waals surface area (Å²) in [6.45, 7) is 21.6. The van der Waals surface area contributed by atoms with Crippen molar-refractivity contribution in [3.63, 3.8) is 0 Å². The number of carbonyl (C=O) groups is 4. The molecule has 2 saturated heterocycles. The number of nitrogens with zero attached hydrogens (tertiary/aromatic N) is 3. The van der Waals surface area contributed by atoms with Crippen molar-refractivity contribution >= 4 is 23.4 Å². The van der Waals surface area contributed by atoms with Crippen molar-refractivity contribution in [3.05, 3.63) is 226 Å². The molecule has 0 spiro atoms. The zero-order valence-corrected chi connectivity index (χ0v) is 84.1. The normalized spacial score (nSPS) is 19.6. The Morgan fingerprint density at radius 1 is 0.370 bits per heavy atom. The molecule has 0 bridgehead atoms. The minimum Gasteiger partial charge on any atom is -0.481 e. The van der Waals surface area contributed by atoms with Gasteiger partial charge in [-0.1, -0.05) is 429 Å². The summed E-state index contributed by atoms with van der Waals surface area (Å²) in [6.07, 6.45) is 22.0. The van der Waals surface area contributed by atoms with Crippen LogP contribution in [0.3, 0.4) is 0 Å². The standard InChI is InChI=1S/C60H90F3NO7.C48H71N3O5.C5H5F3O3/c1-5-6-7-8-9-10-11-12-13-15-18-30-39-54(68-43-51-35-26-22-27-36-51)58(69-44-52-37-28-23-29-38-52)53(64-57(66)41-32-20-17-14-16-19-31-40-56(65)60(61,62)63)45-70-59-49(4)47(2)48(3)55(71-59)46-67-42-50-33-24-21-25-34-50;1-5-6-7-8-9-10-11-12-13-14-15-25-32-45(53-34-42-28-21-17-22-29-42)47(54-35-43-30-23-18-24-31-43)44(50-51-49)36-55-48-40(4)38(2)39(3)46(56-48)37-52-33-41-26-19-16-20-27-41;6-5(7,8)3(9)1-2-4(10)11/h21-29,33-38,47-49,53-55,58-59H,5-20,30-32,39-46H2,1-4H3,(H,64,66);16-24,26-31,38-40,44-48H,5-15,25,32-37H2,1-4H3;1-2H2,(H,10,11)/t47-,48+,49?,53-,54+,55?,58-,59-;38-,39+,40?,44-,45+,46?,47-,48-;/m00./s1. The second-order valence-electron chi connectivity index (χ2n) is 38.1. The monoisotopic (exact) mass is 1930 g/mol. The van der Waals surface area contributed by atoms with Crippen molar-refractivity contribution in [3.8, 4) is 0 Å². The highest BCUT2D eigenvalue weighted by molar-refractivity contribution is 5.86. The third-order valence-corrected chi connectivity index (χ3v) is 27.1. The number of carboxylic acids is 1. The Morgan fingerprint density at radius 2 is 0.667 bits per heavy atom. The van der Waals surface area contributed by atoms with E-state index in [1.165, 1.54) is 128 Å². The summed E-state index contributed by atoms with van der Waals surface area (Å²) in [7, 11) is 0. The van der Waals surface area contributed by atoms with Crippen LogP contribution in [0, 0.1) is 35.5 Å². The van der Waals surface area contributed by atoms with Crippen LogP contribution in [0.4, 0.5) is 26.3 Å². The van der Waals surface area contributed by atoms with Crippen molar-refractivity contribution in [1.29, 1.82) is 0 Å². The highest BCUT2D eigenvalue weighted by atomic mass is 19.4. The molecule has 6 aromatic rings. The number of ketones is 2. The summed E-state index contributed by atoms with van der Waals surface area (Å²) in [5.41, 5.74) is 16.4. The number of unbranched alkanes of at least 4 members (excludes halogenated alkanes) is 28. The molecule has 16 atom stereocenters. The number of alkyl halides is 6. The molecular weight excluding hydrogens is 1770 g/mol. The molecule has 19 nitrogen and oxygen atoms in total. The van der Waals surface area contributed by atoms with Crippen molar-refractivity contribution in [2.45, 2.75) is 406 Å². The Morgan fingerprint density at radius 3 is 1.01 bits per heavy atom. The summed E-state index contributed by atoms with van der Waals surface area (Å²) < 4.78 is 138. The van der Waals surface area contributed by atoms with E-state index in [2.05, 4.69) is 131 Å². The quantitative estimate of drug-likeness (QED) is 0.0119. The zero-order chi connectivity index (χ0) is 99.7. The van der Waals surface area contributed by atoms with Crippen LogP contribution in [0.25, 0.3) is 10.4 Å². The third kappa shape index (κ3) is 50.7. The number of aliphatic carboxylic acids is 1. The number of amides is 1. The molecule has 0 aliphatic carbocycles. The molecule has 6 aromatic carbocycles. The molecule has 2 fully saturated rings. The second-order valence-corrected chi connectivity index (χ2v) is 38.1. The molecule has 2 N–H and O–H groups in total. The van der Waals surface area contributed by atoms with Crippen molar-refractivity contribution in [2.24, 2.45) is 40.6 Å². The maximum Gasteiger partial charge on any atom is 0.449 e. The topological polar surface area (TPSA) is 242 Å². The number of nitrogens with one attached hydrogen (secondary N) is 1. The van der Waals surface area contributed by atoms with E-state index >= 15 is 0 Å². The number of azide groups is 1. The van der Waals surface area contributed by atoms with E-state index in [0.717, 1.165) is 97.6 Å². The number of rotatable bonds is 71. The van der Waals surface area contributed by atoms with Crippen LogP contribution in [-0.2, 0) is 106 Å². The maximum absolute atomic E-state index is 14.1. The number of benzene rings is 6. The van der Waals surface area contributed by atoms with Gasteiger partial charge in [-0.3, -0.25) is 19.2 Å². The highest BCUT2D eigenvalue weighted by Gasteiger charge is 2.44. The largest absolute Gasteiger partial charge is 0.481 e. The van der Waals surface area contributed by atoms with Gasteiger partial charge in [0.15, 0.2) is 12.6 Å². The number of Topliss-reactive ketones (excluding diaryl/α,β-unsaturated/α-hetero) is 2. The van der Waals surface area contributed by atoms with E-state index in [0.29, 0.717) is 84.0 Å². The van der Waals surface area contributed by atoms with Gasteiger partial charge >= 0.3 is 18.3 Å². The van der Waals surface area contributed by atoms with Crippen LogP contribution >= 0.6 is 0 Å². The van der Waals surface area contributed by atoms with Crippen molar-refractivity contribution in [2.75, 3.05) is 26.4 Å². The Labute approximate surface area is 821 Å². The van der Waals surface area contributed by atoms with Crippen molar-refractivity contribution in [1.82, 2.24) is 5.32 Å². The van der Waals surface area contributed by atoms with Crippen LogP contribution in [-0.4, -0.2) is 129 Å². The van der Waals surface area contributed by atoms with Gasteiger partial charge in [-0.25, -0.2) is 0 Å². The molecule has 2 heterocycles. The summed E-state index contributed by atoms with van der Waals surface area (Å²) in [4.78, 5) is 48.3. The summed E-state index contributed by atoms with van der Waals surface area (Å²) in [5.74, 6) is -3.80. The zero-order valence-electron chi connectivity index (χ0n) is 84.1. The summed E-state index contributed by atoms with van der Waals surface area (Å²) >= 11 is 0. The first-order chi connectivity index (χ1) is 66.8. The second kappa shape index (κ2) is 71.5. The van der Waals surface area contributed by atoms with E-state index in [4.69, 9.17) is 52.5 Å². The number of carboxylic acid groups (broad SMARTS) is 1. The summed E-state index contributed by atoms with van der Waals surface area (Å²) in [6, 6.07) is 59.8. The van der Waals surface area contributed by atoms with E-state index in [1.807, 2.05) is 121 Å². The van der Waals surface area contributed by atoms with Crippen LogP contribution in [0.5, 0.6) is 0 Å². The number of hydrogen-bond acceptors (Lipinski definition) is 15. The SMILES string of the molecule is CCCCCCCCCCCCCC[C@@H](OCc1ccccc1)[C@@H](OCc1ccccc1)[C@H](CO[C@H]1OC(COCc2ccccc2)[C@H](C)[C@H](C)C1C)N=[N+]=[N-].CCCCCCCCCCCCCC[C@@H](OCc1ccccc1)[C@@H](OCc1ccccc1)[C@H](CO[C@H]1OC(COCc2ccccc2)[C@H](C)[C@H](C)C1C)NC(=O)CCCCCCCCCC(=O)C(F)(F)F.O=C(O)CCC(=O)C(F)(F)F. The number of carbonyl (C=O) groups excluding carboxylic acids is 3. The van der Waals surface area contributed by atoms with Gasteiger partial charge in [-0.05, 0) is 88.3 Å². The predicted molar refractivity (Wildman–Crippen MR) is 533 cm³/mol. The van der Waals surface area contributed by atoms with Gasteiger partial charge in [0, 0.05) is 36.0 Å². The average Bonchev–Trinajstić information content (AvgIpc) is 0.813. The molecule has 25 heteroatoms. The number of ether oxygens (including phenoxy) is 10. The van der Waals surface area contributed by atoms with Gasteiger partial charge in [-0.15, -0.1) is 0 Å². The highest BCUT2D eigenvalue weighted by Crippen LogP contribution is 2.39. The van der Waals surface area contributed by atoms with Gasteiger partial charge in [0.25, 0.3) is 0 Å². The van der Waals surface area contributed by atoms with E-state index in [-0.39, 0.29) is 73.6 Å². The molecule has 1 amide bonds. The molecule has 138 heavy (non-hydrogen) atoms. The fraction of sp³-hybridized carbons (Fsp3) is 0.646. The lowest BCUT2D eigenvalue weighted by Crippen LogP contribution is -2.54. The van der Waals surface area contributed by atoms with Crippen LogP contribution < -0.4 is 5.32 Å². The maximum atomic E-state index is 14.1. The third-order valence-electron chi connectivity index (χ3n) is 27.1. The summed E-state index contributed by atoms with van der Waals surface area (Å²) in [5, 5.41) is 15.6. The molecule has 2 aliphatic heterocycles. The molecule has 4 unspecified atom stereocenters. The van der Waals surface area contributed by atoms with Crippen LogP contribution in [0.1, 0.15) is 326 Å². The fourth-order valence-electron chi connectivity index (χ4n) is 17.7. The molecule has 2 aliphatic rings. The lowest BCUT2D eigenvalue weighted by atomic mass is 9.79. The van der Waals surface area contributed by atoms with Gasteiger partial charge in [0.1, 0.15) is 6.10 Å². The van der Waals surface area contributed by atoms with E-state index < -0.39 is 86.0 Å². The first-order valence-electron chi connectivity index (χ1n) is 51.9. The molecular formula is C113H166F6N4O15. The predicted octanol–water partition coefficient (Wildman–Crippen LogP) is 29.0. The molecule has 770 valence electrons. The minimum atomic E-state index is -4.91. The van der Waals surface area contributed by atoms with Gasteiger partial charge in [-0.2, -0.15) is 26.3 Å². The molecule has 8 rings (SSSR count). The van der Waals surface area contributed by atoms with Gasteiger partial charge in [0.05, 0.1) is 115 Å². The Hall–Kier alpha value is -7.91. The van der Waals surface area contributed by atoms with Crippen LogP contribution in [0.15, 0.2) is 187 Å². The Bertz CT molecular complexity index is 4130. The lowest BCUT2D eigenvalue weighted by Gasteiger charge is -2.44. The fourth-order valence-corrected chi connectivity index (χ4v) is 17.7. The van der Waals surface area contributed by atoms with Gasteiger partial charge < -0.3 is 57.8 Å². The minimum absolute atomic E-state index is 0.0757. The Kier molecular flexibility index (Phi) is 61.6. The van der Waals surface area contributed by atoms with Crippen molar-refractivity contribution < 1.29 is 98.0 Å². The average molecular weight is 1930 g/mol. The van der Waals surface area contributed by atoms with E-state index in [1.54, 1.807) is 0 Å². The Balaban J connectivity index is 0.000000389. The number of halogens is 6. The number of hydrogen-bond donors (Lipinski definition) is 2. The van der Waals surface area contributed by atoms with Gasteiger partial charge in [0.2, 0.25) is 17.5 Å². The molecule has 0 saturated carbocycles. The lowest BCUT2D eigenvalue weighted by molar-refractivity contribution is -0.262. The first-order valence-corrected chi connectivity index (χ1v) is 51.9. The van der Waals surface area contributed by atoms with E-state index in [9.17, 15) is 51.1 Å².